The van der Waals surface area contributed by atoms with Crippen LogP contribution in [0.25, 0.3) is 6.08 Å². The Hall–Kier alpha value is -4.45. The molecule has 0 atom stereocenters. The molecule has 0 N–H and O–H groups in total. The molecule has 3 aromatic rings. The van der Waals surface area contributed by atoms with E-state index in [4.69, 9.17) is 9.47 Å². The van der Waals surface area contributed by atoms with Crippen LogP contribution in [0.4, 0.5) is 5.69 Å². The maximum atomic E-state index is 12.2. The number of benzene rings is 3. The molecule has 0 radical (unpaired) electrons. The van der Waals surface area contributed by atoms with E-state index in [1.54, 1.807) is 30.3 Å². The molecule has 0 aliphatic carbocycles. The summed E-state index contributed by atoms with van der Waals surface area (Å²) in [5.41, 5.74) is 2.19. The maximum Gasteiger partial charge on any atom is 0.258 e. The fourth-order valence-electron chi connectivity index (χ4n) is 4.18. The molecule has 1 heterocycles. The number of carbonyl (C=O) groups is 3. The van der Waals surface area contributed by atoms with E-state index in [0.717, 1.165) is 60.5 Å². The van der Waals surface area contributed by atoms with Crippen LogP contribution in [-0.2, 0) is 9.59 Å². The van der Waals surface area contributed by atoms with Crippen molar-refractivity contribution in [2.24, 2.45) is 0 Å². The van der Waals surface area contributed by atoms with Crippen molar-refractivity contribution in [3.8, 4) is 11.5 Å². The summed E-state index contributed by atoms with van der Waals surface area (Å²) in [7, 11) is 0. The molecule has 4 rings (SSSR count). The lowest BCUT2D eigenvalue weighted by Gasteiger charge is -2.14. The standard InChI is InChI=1S/C33H33NO5/c35-31(27-10-6-5-7-11-27)21-14-26-12-17-29(18-13-26)38-24-8-3-1-2-4-9-25-39-30-19-15-28(16-20-30)34-32(36)22-23-33(34)37/h5-7,10-23H,1-4,8-9,24-25H2/b21-14+. The lowest BCUT2D eigenvalue weighted by molar-refractivity contribution is -0.119. The number of rotatable bonds is 15. The van der Waals surface area contributed by atoms with Crippen molar-refractivity contribution in [3.63, 3.8) is 0 Å². The van der Waals surface area contributed by atoms with Crippen LogP contribution in [0.1, 0.15) is 54.4 Å². The summed E-state index contributed by atoms with van der Waals surface area (Å²) >= 11 is 0. The summed E-state index contributed by atoms with van der Waals surface area (Å²) in [5, 5.41) is 0. The smallest absolute Gasteiger partial charge is 0.258 e. The zero-order chi connectivity index (χ0) is 27.3. The molecular weight excluding hydrogens is 490 g/mol. The van der Waals surface area contributed by atoms with Gasteiger partial charge in [0.05, 0.1) is 18.9 Å². The van der Waals surface area contributed by atoms with Gasteiger partial charge in [-0.05, 0) is 60.9 Å². The van der Waals surface area contributed by atoms with Crippen LogP contribution in [0.15, 0.2) is 97.1 Å². The van der Waals surface area contributed by atoms with Crippen molar-refractivity contribution in [2.75, 3.05) is 18.1 Å². The van der Waals surface area contributed by atoms with Crippen molar-refractivity contribution < 1.29 is 23.9 Å². The number of imide groups is 1. The number of carbonyl (C=O) groups excluding carboxylic acids is 3. The van der Waals surface area contributed by atoms with E-state index in [-0.39, 0.29) is 17.6 Å². The van der Waals surface area contributed by atoms with E-state index in [9.17, 15) is 14.4 Å². The average Bonchev–Trinajstić information content (AvgIpc) is 3.31. The normalized spacial score (nSPS) is 12.9. The maximum absolute atomic E-state index is 12.2. The van der Waals surface area contributed by atoms with E-state index in [0.29, 0.717) is 24.5 Å². The zero-order valence-electron chi connectivity index (χ0n) is 22.0. The Morgan fingerprint density at radius 1 is 0.641 bits per heavy atom. The number of hydrogen-bond donors (Lipinski definition) is 0. The van der Waals surface area contributed by atoms with Crippen LogP contribution in [-0.4, -0.2) is 30.8 Å². The summed E-state index contributed by atoms with van der Waals surface area (Å²) in [6, 6.07) is 24.0. The minimum absolute atomic E-state index is 0.0107. The number of ether oxygens (including phenoxy) is 2. The highest BCUT2D eigenvalue weighted by Crippen LogP contribution is 2.22. The van der Waals surface area contributed by atoms with Gasteiger partial charge in [0, 0.05) is 17.7 Å². The molecule has 0 bridgehead atoms. The minimum Gasteiger partial charge on any atom is -0.494 e. The molecule has 200 valence electrons. The minimum atomic E-state index is -0.322. The lowest BCUT2D eigenvalue weighted by Crippen LogP contribution is -2.29. The topological polar surface area (TPSA) is 72.9 Å². The van der Waals surface area contributed by atoms with Crippen LogP contribution in [0.3, 0.4) is 0 Å². The van der Waals surface area contributed by atoms with Crippen LogP contribution in [0.2, 0.25) is 0 Å². The van der Waals surface area contributed by atoms with Gasteiger partial charge >= 0.3 is 0 Å². The molecule has 0 spiro atoms. The van der Waals surface area contributed by atoms with Gasteiger partial charge in [0.15, 0.2) is 5.78 Å². The number of hydrogen-bond acceptors (Lipinski definition) is 5. The first-order valence-corrected chi connectivity index (χ1v) is 13.4. The third-order valence-corrected chi connectivity index (χ3v) is 6.35. The number of unbranched alkanes of at least 4 members (excludes halogenated alkanes) is 5. The highest BCUT2D eigenvalue weighted by molar-refractivity contribution is 6.28. The summed E-state index contributed by atoms with van der Waals surface area (Å²) in [4.78, 5) is 36.8. The SMILES string of the molecule is O=C(/C=C/c1ccc(OCCCCCCCCOc2ccc(N3C(=O)C=CC3=O)cc2)cc1)c1ccccc1. The number of amides is 2. The average molecular weight is 524 g/mol. The first-order valence-electron chi connectivity index (χ1n) is 13.4. The van der Waals surface area contributed by atoms with Gasteiger partial charge in [0.25, 0.3) is 11.8 Å². The first-order chi connectivity index (χ1) is 19.1. The third kappa shape index (κ3) is 8.54. The molecule has 0 saturated heterocycles. The molecule has 39 heavy (non-hydrogen) atoms. The Morgan fingerprint density at radius 3 is 1.72 bits per heavy atom. The summed E-state index contributed by atoms with van der Waals surface area (Å²) in [5.74, 6) is 0.909. The summed E-state index contributed by atoms with van der Waals surface area (Å²) in [6.45, 7) is 1.32. The number of anilines is 1. The second-order valence-corrected chi connectivity index (χ2v) is 9.29. The van der Waals surface area contributed by atoms with Gasteiger partial charge in [-0.3, -0.25) is 14.4 Å². The molecule has 3 aromatic carbocycles. The van der Waals surface area contributed by atoms with Gasteiger partial charge in [-0.1, -0.05) is 74.2 Å². The van der Waals surface area contributed by atoms with Gasteiger partial charge in [-0.25, -0.2) is 4.90 Å². The van der Waals surface area contributed by atoms with Crippen molar-refractivity contribution in [3.05, 3.63) is 108 Å². The van der Waals surface area contributed by atoms with Gasteiger partial charge in [0.2, 0.25) is 0 Å². The Kier molecular flexibility index (Phi) is 10.2. The summed E-state index contributed by atoms with van der Waals surface area (Å²) < 4.78 is 11.6. The van der Waals surface area contributed by atoms with Crippen molar-refractivity contribution in [2.45, 2.75) is 38.5 Å². The molecule has 0 fully saturated rings. The fourth-order valence-corrected chi connectivity index (χ4v) is 4.18. The molecular formula is C33H33NO5. The second-order valence-electron chi connectivity index (χ2n) is 9.29. The Morgan fingerprint density at radius 2 is 1.15 bits per heavy atom. The molecule has 1 aliphatic heterocycles. The Balaban J connectivity index is 1.02. The number of ketones is 1. The predicted molar refractivity (Wildman–Crippen MR) is 153 cm³/mol. The van der Waals surface area contributed by atoms with Gasteiger partial charge < -0.3 is 9.47 Å². The predicted octanol–water partition coefficient (Wildman–Crippen LogP) is 6.81. The van der Waals surface area contributed by atoms with E-state index >= 15 is 0 Å². The highest BCUT2D eigenvalue weighted by atomic mass is 16.5. The van der Waals surface area contributed by atoms with Crippen molar-refractivity contribution >= 4 is 29.4 Å². The van der Waals surface area contributed by atoms with Crippen LogP contribution in [0.5, 0.6) is 11.5 Å². The fraction of sp³-hybridized carbons (Fsp3) is 0.242. The van der Waals surface area contributed by atoms with Gasteiger partial charge in [-0.15, -0.1) is 0 Å². The quantitative estimate of drug-likeness (QED) is 0.0947. The molecule has 0 aromatic heterocycles. The Labute approximate surface area is 229 Å². The highest BCUT2D eigenvalue weighted by Gasteiger charge is 2.24. The van der Waals surface area contributed by atoms with Crippen LogP contribution < -0.4 is 14.4 Å². The molecule has 6 nitrogen and oxygen atoms in total. The molecule has 1 aliphatic rings. The van der Waals surface area contributed by atoms with Crippen LogP contribution in [0, 0.1) is 0 Å². The monoisotopic (exact) mass is 523 g/mol. The van der Waals surface area contributed by atoms with Crippen molar-refractivity contribution in [1.29, 1.82) is 0 Å². The molecule has 0 saturated carbocycles. The van der Waals surface area contributed by atoms with E-state index in [2.05, 4.69) is 0 Å². The number of nitrogens with zero attached hydrogens (tertiary/aromatic N) is 1. The van der Waals surface area contributed by atoms with E-state index < -0.39 is 0 Å². The third-order valence-electron chi connectivity index (χ3n) is 6.35. The zero-order valence-corrected chi connectivity index (χ0v) is 22.0. The summed E-state index contributed by atoms with van der Waals surface area (Å²) in [6.07, 6.45) is 12.5. The van der Waals surface area contributed by atoms with Crippen LogP contribution >= 0.6 is 0 Å². The van der Waals surface area contributed by atoms with E-state index in [1.807, 2.05) is 60.7 Å². The van der Waals surface area contributed by atoms with E-state index in [1.165, 1.54) is 12.2 Å². The van der Waals surface area contributed by atoms with Gasteiger partial charge in [0.1, 0.15) is 11.5 Å². The number of allylic oxidation sites excluding steroid dienone is 1. The molecule has 0 unspecified atom stereocenters. The van der Waals surface area contributed by atoms with Gasteiger partial charge in [-0.2, -0.15) is 0 Å². The lowest BCUT2D eigenvalue weighted by atomic mass is 10.1. The molecule has 2 amide bonds. The second kappa shape index (κ2) is 14.5. The van der Waals surface area contributed by atoms with Crippen molar-refractivity contribution in [1.82, 2.24) is 0 Å². The Bertz CT molecular complexity index is 1280. The first kappa shape index (κ1) is 27.6. The largest absolute Gasteiger partial charge is 0.494 e. The molecule has 6 heteroatoms.